The summed E-state index contributed by atoms with van der Waals surface area (Å²) < 4.78 is 0. The zero-order valence-corrected chi connectivity index (χ0v) is 13.9. The molecular formula is C17H21N5O2. The Labute approximate surface area is 141 Å². The largest absolute Gasteiger partial charge is 0.477 e. The molecule has 1 fully saturated rings. The lowest BCUT2D eigenvalue weighted by Gasteiger charge is -2.35. The second-order valence-electron chi connectivity index (χ2n) is 5.99. The molecule has 0 aromatic carbocycles. The van der Waals surface area contributed by atoms with Crippen molar-refractivity contribution >= 4 is 11.8 Å². The first-order valence-electron chi connectivity index (χ1n) is 7.99. The van der Waals surface area contributed by atoms with Gasteiger partial charge in [0.1, 0.15) is 17.8 Å². The molecule has 2 aromatic rings. The van der Waals surface area contributed by atoms with Gasteiger partial charge in [0.05, 0.1) is 5.69 Å². The minimum absolute atomic E-state index is 0.0956. The number of anilines is 1. The van der Waals surface area contributed by atoms with Crippen molar-refractivity contribution in [1.29, 1.82) is 0 Å². The van der Waals surface area contributed by atoms with Crippen LogP contribution in [0.1, 0.15) is 27.4 Å². The van der Waals surface area contributed by atoms with Crippen molar-refractivity contribution in [3.05, 3.63) is 47.2 Å². The molecule has 7 heteroatoms. The predicted molar refractivity (Wildman–Crippen MR) is 90.2 cm³/mol. The van der Waals surface area contributed by atoms with Crippen LogP contribution < -0.4 is 4.90 Å². The van der Waals surface area contributed by atoms with Crippen molar-refractivity contribution < 1.29 is 9.90 Å². The summed E-state index contributed by atoms with van der Waals surface area (Å²) >= 11 is 0. The minimum Gasteiger partial charge on any atom is -0.477 e. The van der Waals surface area contributed by atoms with E-state index >= 15 is 0 Å². The minimum atomic E-state index is -0.990. The lowest BCUT2D eigenvalue weighted by Crippen LogP contribution is -2.46. The first-order valence-corrected chi connectivity index (χ1v) is 7.99. The average Bonchev–Trinajstić information content (AvgIpc) is 2.58. The third kappa shape index (κ3) is 3.51. The smallest absolute Gasteiger partial charge is 0.354 e. The molecule has 0 spiro atoms. The van der Waals surface area contributed by atoms with Gasteiger partial charge in [-0.2, -0.15) is 0 Å². The highest BCUT2D eigenvalue weighted by molar-refractivity contribution is 5.85. The molecule has 3 heterocycles. The normalized spacial score (nSPS) is 15.5. The van der Waals surface area contributed by atoms with E-state index in [0.29, 0.717) is 6.54 Å². The molecule has 0 atom stereocenters. The van der Waals surface area contributed by atoms with E-state index in [9.17, 15) is 4.79 Å². The van der Waals surface area contributed by atoms with Crippen LogP contribution in [0.2, 0.25) is 0 Å². The van der Waals surface area contributed by atoms with Gasteiger partial charge in [-0.25, -0.2) is 19.7 Å². The second kappa shape index (κ2) is 6.92. The summed E-state index contributed by atoms with van der Waals surface area (Å²) in [6.45, 7) is 8.27. The van der Waals surface area contributed by atoms with Gasteiger partial charge < -0.3 is 10.0 Å². The number of nitrogens with zero attached hydrogens (tertiary/aromatic N) is 5. The summed E-state index contributed by atoms with van der Waals surface area (Å²) in [5, 5.41) is 9.03. The SMILES string of the molecule is Cc1ncnc(N2CCN(Cc3cccc(C(=O)O)n3)CC2)c1C. The third-order valence-electron chi connectivity index (χ3n) is 4.39. The maximum atomic E-state index is 11.0. The molecule has 7 nitrogen and oxygen atoms in total. The van der Waals surface area contributed by atoms with Gasteiger partial charge in [0, 0.05) is 44.0 Å². The zero-order valence-electron chi connectivity index (χ0n) is 13.9. The average molecular weight is 327 g/mol. The number of rotatable bonds is 4. The molecule has 2 aromatic heterocycles. The number of carbonyl (C=O) groups is 1. The third-order valence-corrected chi connectivity index (χ3v) is 4.39. The van der Waals surface area contributed by atoms with E-state index in [0.717, 1.165) is 48.9 Å². The van der Waals surface area contributed by atoms with Crippen LogP contribution in [0, 0.1) is 13.8 Å². The molecule has 0 saturated carbocycles. The Bertz CT molecular complexity index is 742. The Hall–Kier alpha value is -2.54. The number of hydrogen-bond donors (Lipinski definition) is 1. The van der Waals surface area contributed by atoms with Crippen LogP contribution in [0.4, 0.5) is 5.82 Å². The lowest BCUT2D eigenvalue weighted by atomic mass is 10.2. The highest BCUT2D eigenvalue weighted by atomic mass is 16.4. The number of aromatic carboxylic acids is 1. The van der Waals surface area contributed by atoms with E-state index in [1.807, 2.05) is 13.0 Å². The molecule has 3 rings (SSSR count). The maximum absolute atomic E-state index is 11.0. The van der Waals surface area contributed by atoms with Crippen LogP contribution in [0.25, 0.3) is 0 Å². The molecule has 0 radical (unpaired) electrons. The summed E-state index contributed by atoms with van der Waals surface area (Å²) in [5.74, 6) is 0.0180. The van der Waals surface area contributed by atoms with Crippen LogP contribution in [0.3, 0.4) is 0 Å². The van der Waals surface area contributed by atoms with Crippen LogP contribution in [0.5, 0.6) is 0 Å². The van der Waals surface area contributed by atoms with Gasteiger partial charge in [-0.15, -0.1) is 0 Å². The van der Waals surface area contributed by atoms with Crippen molar-refractivity contribution in [2.24, 2.45) is 0 Å². The fourth-order valence-electron chi connectivity index (χ4n) is 2.88. The van der Waals surface area contributed by atoms with Crippen LogP contribution in [0.15, 0.2) is 24.5 Å². The number of carboxylic acids is 1. The van der Waals surface area contributed by atoms with Crippen LogP contribution >= 0.6 is 0 Å². The molecule has 1 saturated heterocycles. The number of pyridine rings is 1. The number of piperazine rings is 1. The quantitative estimate of drug-likeness (QED) is 0.911. The van der Waals surface area contributed by atoms with E-state index in [1.165, 1.54) is 6.07 Å². The van der Waals surface area contributed by atoms with Gasteiger partial charge in [0.15, 0.2) is 0 Å². The summed E-state index contributed by atoms with van der Waals surface area (Å²) in [4.78, 5) is 28.4. The van der Waals surface area contributed by atoms with Gasteiger partial charge in [-0.05, 0) is 26.0 Å². The van der Waals surface area contributed by atoms with Crippen LogP contribution in [-0.4, -0.2) is 57.1 Å². The number of carboxylic acid groups (broad SMARTS) is 1. The van der Waals surface area contributed by atoms with E-state index in [-0.39, 0.29) is 5.69 Å². The highest BCUT2D eigenvalue weighted by Crippen LogP contribution is 2.20. The standard InChI is InChI=1S/C17H21N5O2/c1-12-13(2)18-11-19-16(12)22-8-6-21(7-9-22)10-14-4-3-5-15(20-14)17(23)24/h3-5,11H,6-10H2,1-2H3,(H,23,24). The fraction of sp³-hybridized carbons (Fsp3) is 0.412. The van der Waals surface area contributed by atoms with Gasteiger partial charge in [-0.1, -0.05) is 6.07 Å². The fourth-order valence-corrected chi connectivity index (χ4v) is 2.88. The predicted octanol–water partition coefficient (Wildman–Crippen LogP) is 1.51. The maximum Gasteiger partial charge on any atom is 0.354 e. The van der Waals surface area contributed by atoms with Crippen molar-refractivity contribution in [2.75, 3.05) is 31.1 Å². The first kappa shape index (κ1) is 16.3. The summed E-state index contributed by atoms with van der Waals surface area (Å²) in [6, 6.07) is 5.13. The topological polar surface area (TPSA) is 82.5 Å². The van der Waals surface area contributed by atoms with E-state index in [2.05, 4.69) is 31.7 Å². The van der Waals surface area contributed by atoms with Gasteiger partial charge in [0.2, 0.25) is 0 Å². The van der Waals surface area contributed by atoms with Crippen molar-refractivity contribution in [3.8, 4) is 0 Å². The second-order valence-corrected chi connectivity index (χ2v) is 5.99. The van der Waals surface area contributed by atoms with Gasteiger partial charge in [0.25, 0.3) is 0 Å². The Morgan fingerprint density at radius 2 is 1.92 bits per heavy atom. The van der Waals surface area contributed by atoms with Gasteiger partial charge in [-0.3, -0.25) is 4.90 Å². The lowest BCUT2D eigenvalue weighted by molar-refractivity contribution is 0.0690. The zero-order chi connectivity index (χ0) is 17.1. The van der Waals surface area contributed by atoms with E-state index in [4.69, 9.17) is 5.11 Å². The van der Waals surface area contributed by atoms with Crippen molar-refractivity contribution in [3.63, 3.8) is 0 Å². The number of hydrogen-bond acceptors (Lipinski definition) is 6. The molecule has 24 heavy (non-hydrogen) atoms. The van der Waals surface area contributed by atoms with Crippen LogP contribution in [-0.2, 0) is 6.54 Å². The molecule has 126 valence electrons. The van der Waals surface area contributed by atoms with E-state index in [1.54, 1.807) is 12.4 Å². The summed E-state index contributed by atoms with van der Waals surface area (Å²) in [6.07, 6.45) is 1.62. The summed E-state index contributed by atoms with van der Waals surface area (Å²) in [7, 11) is 0. The van der Waals surface area contributed by atoms with Gasteiger partial charge >= 0.3 is 5.97 Å². The molecule has 0 bridgehead atoms. The molecule has 1 aliphatic rings. The van der Waals surface area contributed by atoms with Crippen molar-refractivity contribution in [2.45, 2.75) is 20.4 Å². The molecule has 1 aliphatic heterocycles. The van der Waals surface area contributed by atoms with Crippen molar-refractivity contribution in [1.82, 2.24) is 19.9 Å². The Balaban J connectivity index is 1.62. The first-order chi connectivity index (χ1) is 11.5. The number of aryl methyl sites for hydroxylation is 1. The monoisotopic (exact) mass is 327 g/mol. The molecular weight excluding hydrogens is 306 g/mol. The molecule has 0 unspecified atom stereocenters. The Morgan fingerprint density at radius 1 is 1.17 bits per heavy atom. The van der Waals surface area contributed by atoms with E-state index < -0.39 is 5.97 Å². The summed E-state index contributed by atoms with van der Waals surface area (Å²) in [5.41, 5.74) is 3.02. The Kier molecular flexibility index (Phi) is 4.71. The molecule has 0 aliphatic carbocycles. The molecule has 0 amide bonds. The Morgan fingerprint density at radius 3 is 2.62 bits per heavy atom. The number of aromatic nitrogens is 3. The molecule has 1 N–H and O–H groups in total. The highest BCUT2D eigenvalue weighted by Gasteiger charge is 2.20.